The Kier molecular flexibility index (Phi) is 15.2. The third-order valence-corrected chi connectivity index (χ3v) is 12.0. The maximum Gasteiger partial charge on any atom is 0.410 e. The Morgan fingerprint density at radius 2 is 1.52 bits per heavy atom. The van der Waals surface area contributed by atoms with Gasteiger partial charge < -0.3 is 35.6 Å². The maximum atomic E-state index is 14.2. The number of nitrogens with one attached hydrogen (secondary N) is 2. The van der Waals surface area contributed by atoms with Crippen molar-refractivity contribution in [2.24, 2.45) is 11.7 Å². The van der Waals surface area contributed by atoms with Crippen molar-refractivity contribution in [2.45, 2.75) is 88.8 Å². The lowest BCUT2D eigenvalue weighted by Crippen LogP contribution is -2.54. The Morgan fingerprint density at radius 1 is 0.904 bits per heavy atom. The lowest BCUT2D eigenvalue weighted by atomic mass is 10.1. The van der Waals surface area contributed by atoms with Crippen LogP contribution in [0, 0.1) is 5.92 Å². The number of rotatable bonds is 17. The third kappa shape index (κ3) is 11.1. The molecule has 2 fully saturated rings. The molecule has 2 aromatic rings. The zero-order valence-corrected chi connectivity index (χ0v) is 30.9. The number of benzene rings is 2. The number of carbonyl (C=O) groups is 5. The molecule has 0 spiro atoms. The van der Waals surface area contributed by atoms with E-state index in [1.165, 1.54) is 23.8 Å². The van der Waals surface area contributed by atoms with Crippen molar-refractivity contribution in [1.82, 2.24) is 20.4 Å². The molecule has 5 N–H and O–H groups in total. The van der Waals surface area contributed by atoms with Crippen molar-refractivity contribution in [3.05, 3.63) is 71.8 Å². The molecule has 4 rings (SSSR count). The highest BCUT2D eigenvalue weighted by molar-refractivity contribution is 7.58. The van der Waals surface area contributed by atoms with Gasteiger partial charge >= 0.3 is 12.1 Å². The molecule has 2 aliphatic heterocycles. The van der Waals surface area contributed by atoms with Crippen LogP contribution in [0.1, 0.15) is 63.0 Å². The number of carbonyl (C=O) groups excluding carboxylic acids is 5. The summed E-state index contributed by atoms with van der Waals surface area (Å²) in [6.07, 6.45) is 2.18. The fourth-order valence-corrected chi connectivity index (χ4v) is 8.80. The molecule has 2 aromatic carbocycles. The smallest absolute Gasteiger partial charge is 0.410 e. The van der Waals surface area contributed by atoms with Gasteiger partial charge in [-0.2, -0.15) is 0 Å². The predicted octanol–water partition coefficient (Wildman–Crippen LogP) is 3.16. The number of ether oxygens (including phenoxy) is 2. The molecular weight excluding hydrogens is 689 g/mol. The normalized spacial score (nSPS) is 19.9. The number of esters is 1. The second-order valence-corrected chi connectivity index (χ2v) is 16.0. The first-order valence-electron chi connectivity index (χ1n) is 18.0. The average molecular weight is 742 g/mol. The van der Waals surface area contributed by atoms with Gasteiger partial charge in [0, 0.05) is 31.6 Å². The summed E-state index contributed by atoms with van der Waals surface area (Å²) in [5, 5.41) is 5.55. The van der Waals surface area contributed by atoms with Gasteiger partial charge in [0.2, 0.25) is 25.1 Å². The van der Waals surface area contributed by atoms with E-state index in [9.17, 15) is 33.4 Å². The monoisotopic (exact) mass is 741 g/mol. The molecule has 0 saturated carbocycles. The van der Waals surface area contributed by atoms with Crippen LogP contribution in [-0.2, 0) is 46.2 Å². The predicted molar refractivity (Wildman–Crippen MR) is 194 cm³/mol. The van der Waals surface area contributed by atoms with E-state index in [0.717, 1.165) is 5.56 Å². The average Bonchev–Trinajstić information content (AvgIpc) is 3.84. The molecule has 0 aliphatic carbocycles. The van der Waals surface area contributed by atoms with Crippen molar-refractivity contribution in [3.8, 4) is 0 Å². The number of likely N-dealkylation sites (tertiary alicyclic amines) is 2. The van der Waals surface area contributed by atoms with Crippen LogP contribution in [-0.4, -0.2) is 101 Å². The Balaban J connectivity index is 1.48. The Morgan fingerprint density at radius 3 is 2.15 bits per heavy atom. The number of nitrogens with zero attached hydrogens (tertiary/aromatic N) is 2. The highest BCUT2D eigenvalue weighted by Crippen LogP contribution is 2.48. The van der Waals surface area contributed by atoms with Gasteiger partial charge in [-0.25, -0.2) is 9.59 Å². The SMILES string of the molecule is COC(=O)[C@@H]1CCCN1C(=O)[C@H](C)CP(=O)(O)[C@H](Cc1ccccc1)NC(=O)[C@H](CCCCN)NC(=O)[C@@H]1CCCN1C(=O)OCc1ccccc1. The molecule has 0 bridgehead atoms. The van der Waals surface area contributed by atoms with Gasteiger partial charge in [-0.05, 0) is 62.6 Å². The summed E-state index contributed by atoms with van der Waals surface area (Å²) in [5.41, 5.74) is 7.20. The molecule has 6 atom stereocenters. The Labute approximate surface area is 305 Å². The Hall–Kier alpha value is -4.26. The number of amides is 4. The zero-order valence-electron chi connectivity index (χ0n) is 30.0. The van der Waals surface area contributed by atoms with E-state index < -0.39 is 73.1 Å². The molecule has 0 aromatic heterocycles. The first kappa shape index (κ1) is 40.5. The number of methoxy groups -OCH3 is 1. The largest absolute Gasteiger partial charge is 0.467 e. The second kappa shape index (κ2) is 19.5. The van der Waals surface area contributed by atoms with Crippen LogP contribution in [0.25, 0.3) is 0 Å². The lowest BCUT2D eigenvalue weighted by Gasteiger charge is -2.31. The molecule has 2 aliphatic rings. The first-order chi connectivity index (χ1) is 24.9. The molecule has 14 nitrogen and oxygen atoms in total. The molecule has 15 heteroatoms. The third-order valence-electron chi connectivity index (χ3n) is 9.61. The number of nitrogens with two attached hydrogens (primary N) is 1. The minimum absolute atomic E-state index is 0.0110. The molecule has 2 saturated heterocycles. The van der Waals surface area contributed by atoms with Crippen LogP contribution in [0.2, 0.25) is 0 Å². The van der Waals surface area contributed by atoms with Crippen molar-refractivity contribution in [1.29, 1.82) is 0 Å². The quantitative estimate of drug-likeness (QED) is 0.106. The van der Waals surface area contributed by atoms with Crippen LogP contribution < -0.4 is 16.4 Å². The minimum Gasteiger partial charge on any atom is -0.467 e. The summed E-state index contributed by atoms with van der Waals surface area (Å²) in [6.45, 7) is 2.60. The zero-order chi connectivity index (χ0) is 37.7. The fourth-order valence-electron chi connectivity index (χ4n) is 6.78. The standard InChI is InChI=1S/C37H52N5O9P/c1-26(35(45)41-21-12-19-31(41)36(46)50-2)25-52(48,49)32(23-27-13-5-3-6-14-27)40-33(43)29(17-9-10-20-38)39-34(44)30-18-11-22-42(30)37(47)51-24-28-15-7-4-8-16-28/h3-8,13-16,26,29-32H,9-12,17-25,38H2,1-2H3,(H,39,44)(H,40,43)(H,48,49)/t26-,29+,30+,31+,32-/m1/s1. The summed E-state index contributed by atoms with van der Waals surface area (Å²) in [6, 6.07) is 15.4. The minimum atomic E-state index is -4.30. The molecule has 2 heterocycles. The highest BCUT2D eigenvalue weighted by Gasteiger charge is 2.42. The van der Waals surface area contributed by atoms with Crippen LogP contribution >= 0.6 is 7.37 Å². The summed E-state index contributed by atoms with van der Waals surface area (Å²) in [7, 11) is -3.05. The number of unbranched alkanes of at least 4 members (excludes halogenated alkanes) is 1. The molecular formula is C37H52N5O9P. The molecule has 0 radical (unpaired) electrons. The fraction of sp³-hybridized carbons (Fsp3) is 0.541. The van der Waals surface area contributed by atoms with E-state index in [1.54, 1.807) is 30.3 Å². The van der Waals surface area contributed by atoms with Crippen molar-refractivity contribution < 1.29 is 42.9 Å². The first-order valence-corrected chi connectivity index (χ1v) is 19.9. The van der Waals surface area contributed by atoms with Gasteiger partial charge in [-0.1, -0.05) is 67.6 Å². The van der Waals surface area contributed by atoms with Crippen molar-refractivity contribution in [3.63, 3.8) is 0 Å². The summed E-state index contributed by atoms with van der Waals surface area (Å²) < 4.78 is 24.5. The van der Waals surface area contributed by atoms with Gasteiger partial charge in [0.25, 0.3) is 0 Å². The van der Waals surface area contributed by atoms with Gasteiger partial charge in [-0.3, -0.25) is 23.8 Å². The molecule has 1 unspecified atom stereocenters. The molecule has 4 amide bonds. The van der Waals surface area contributed by atoms with Crippen LogP contribution in [0.5, 0.6) is 0 Å². The molecule has 284 valence electrons. The maximum absolute atomic E-state index is 14.2. The topological polar surface area (TPSA) is 198 Å². The Bertz CT molecular complexity index is 1560. The van der Waals surface area contributed by atoms with Gasteiger partial charge in [0.15, 0.2) is 0 Å². The van der Waals surface area contributed by atoms with Crippen molar-refractivity contribution >= 4 is 37.2 Å². The van der Waals surface area contributed by atoms with E-state index in [2.05, 4.69) is 10.6 Å². The van der Waals surface area contributed by atoms with Crippen LogP contribution in [0.4, 0.5) is 4.79 Å². The van der Waals surface area contributed by atoms with Crippen LogP contribution in [0.3, 0.4) is 0 Å². The second-order valence-electron chi connectivity index (χ2n) is 13.5. The van der Waals surface area contributed by atoms with E-state index >= 15 is 0 Å². The van der Waals surface area contributed by atoms with Crippen molar-refractivity contribution in [2.75, 3.05) is 32.9 Å². The van der Waals surface area contributed by atoms with Gasteiger partial charge in [0.1, 0.15) is 30.5 Å². The van der Waals surface area contributed by atoms with Gasteiger partial charge in [0.05, 0.1) is 7.11 Å². The summed E-state index contributed by atoms with van der Waals surface area (Å²) in [5.74, 6) is -4.40. The van der Waals surface area contributed by atoms with E-state index in [0.29, 0.717) is 63.7 Å². The lowest BCUT2D eigenvalue weighted by molar-refractivity contribution is -0.151. The summed E-state index contributed by atoms with van der Waals surface area (Å²) >= 11 is 0. The molecule has 52 heavy (non-hydrogen) atoms. The number of hydrogen-bond donors (Lipinski definition) is 4. The summed E-state index contributed by atoms with van der Waals surface area (Å²) in [4.78, 5) is 80.7. The highest BCUT2D eigenvalue weighted by atomic mass is 31.2. The van der Waals surface area contributed by atoms with E-state index in [4.69, 9.17) is 15.2 Å². The van der Waals surface area contributed by atoms with Gasteiger partial charge in [-0.15, -0.1) is 0 Å². The van der Waals surface area contributed by atoms with E-state index in [-0.39, 0.29) is 19.4 Å². The van der Waals surface area contributed by atoms with E-state index in [1.807, 2.05) is 30.3 Å². The number of hydrogen-bond acceptors (Lipinski definition) is 9. The van der Waals surface area contributed by atoms with Crippen LogP contribution in [0.15, 0.2) is 60.7 Å².